The monoisotopic (exact) mass is 605 g/mol. The van der Waals surface area contributed by atoms with E-state index in [4.69, 9.17) is 9.47 Å². The Kier molecular flexibility index (Phi) is 5.51. The molecule has 5 heteroatoms. The van der Waals surface area contributed by atoms with Crippen LogP contribution in [0.1, 0.15) is 0 Å². The van der Waals surface area contributed by atoms with Crippen molar-refractivity contribution in [1.29, 1.82) is 0 Å². The number of ether oxygens (including phenoxy) is 2. The maximum Gasteiger partial charge on any atom is 0.172 e. The number of anilines is 6. The molecule has 3 heterocycles. The quantitative estimate of drug-likeness (QED) is 0.200. The lowest BCUT2D eigenvalue weighted by atomic mass is 10.0. The summed E-state index contributed by atoms with van der Waals surface area (Å²) in [5, 5.41) is 2.28. The second kappa shape index (κ2) is 10.0. The Morgan fingerprint density at radius 3 is 1.40 bits per heavy atom. The van der Waals surface area contributed by atoms with Crippen LogP contribution in [0.15, 0.2) is 164 Å². The van der Waals surface area contributed by atoms with Gasteiger partial charge in [-0.15, -0.1) is 0 Å². The number of benzene rings is 7. The molecule has 8 aromatic rings. The summed E-state index contributed by atoms with van der Waals surface area (Å²) in [7, 11) is 0. The zero-order chi connectivity index (χ0) is 30.9. The first-order chi connectivity index (χ1) is 23.3. The molecule has 0 N–H and O–H groups in total. The van der Waals surface area contributed by atoms with Crippen LogP contribution in [0.5, 0.6) is 23.0 Å². The van der Waals surface area contributed by atoms with Crippen LogP contribution in [0.4, 0.5) is 34.1 Å². The van der Waals surface area contributed by atoms with Crippen molar-refractivity contribution in [2.24, 2.45) is 0 Å². The number of aromatic nitrogens is 1. The fourth-order valence-electron chi connectivity index (χ4n) is 7.10. The molecule has 1 aromatic heterocycles. The molecule has 222 valence electrons. The van der Waals surface area contributed by atoms with E-state index in [2.05, 4.69) is 154 Å². The van der Waals surface area contributed by atoms with Gasteiger partial charge in [0.05, 0.1) is 33.8 Å². The Morgan fingerprint density at radius 2 is 0.787 bits per heavy atom. The molecule has 0 amide bonds. The highest BCUT2D eigenvalue weighted by atomic mass is 16.6. The van der Waals surface area contributed by atoms with Gasteiger partial charge in [0.25, 0.3) is 0 Å². The summed E-state index contributed by atoms with van der Waals surface area (Å²) in [6, 6.07) is 57.2. The lowest BCUT2D eigenvalue weighted by molar-refractivity contribution is 0.360. The summed E-state index contributed by atoms with van der Waals surface area (Å²) in [5.41, 5.74) is 10.0. The van der Waals surface area contributed by atoms with Crippen molar-refractivity contribution in [3.8, 4) is 28.7 Å². The van der Waals surface area contributed by atoms with Crippen LogP contribution < -0.4 is 19.3 Å². The molecule has 0 bridgehead atoms. The smallest absolute Gasteiger partial charge is 0.172 e. The minimum atomic E-state index is 0.710. The molecule has 0 atom stereocenters. The van der Waals surface area contributed by atoms with Gasteiger partial charge < -0.3 is 23.8 Å². The van der Waals surface area contributed by atoms with Crippen molar-refractivity contribution in [2.75, 3.05) is 9.80 Å². The van der Waals surface area contributed by atoms with Crippen molar-refractivity contribution in [2.45, 2.75) is 0 Å². The maximum atomic E-state index is 6.33. The Balaban J connectivity index is 1.11. The summed E-state index contributed by atoms with van der Waals surface area (Å²) in [6.45, 7) is 0. The molecular formula is C42H27N3O2. The summed E-state index contributed by atoms with van der Waals surface area (Å²) < 4.78 is 14.9. The van der Waals surface area contributed by atoms with Crippen LogP contribution in [0.2, 0.25) is 0 Å². The average Bonchev–Trinajstić information content (AvgIpc) is 3.45. The van der Waals surface area contributed by atoms with E-state index in [0.29, 0.717) is 5.75 Å². The summed E-state index contributed by atoms with van der Waals surface area (Å²) >= 11 is 0. The largest absolute Gasteiger partial charge is 0.449 e. The number of rotatable bonds is 3. The van der Waals surface area contributed by atoms with E-state index in [9.17, 15) is 0 Å². The topological polar surface area (TPSA) is 29.9 Å². The Morgan fingerprint density at radius 1 is 0.319 bits per heavy atom. The zero-order valence-corrected chi connectivity index (χ0v) is 25.2. The lowest BCUT2D eigenvalue weighted by Crippen LogP contribution is -2.23. The van der Waals surface area contributed by atoms with E-state index in [-0.39, 0.29) is 0 Å². The van der Waals surface area contributed by atoms with Crippen molar-refractivity contribution in [3.63, 3.8) is 0 Å². The van der Waals surface area contributed by atoms with Gasteiger partial charge in [-0.2, -0.15) is 0 Å². The fraction of sp³-hybridized carbons (Fsp3) is 0. The first-order valence-corrected chi connectivity index (χ1v) is 15.8. The summed E-state index contributed by atoms with van der Waals surface area (Å²) in [5.74, 6) is 2.88. The third-order valence-electron chi connectivity index (χ3n) is 9.13. The third kappa shape index (κ3) is 3.90. The standard InChI is InChI=1S/C42H27N3O2/c1-2-12-28(13-3-1)44-34-16-6-8-18-36(34)45(37-19-9-7-17-35(37)44)30-24-22-29(23-25-30)43-33-15-5-4-14-31(33)32-26-41-42(27-38(32)43)47-40-21-11-10-20-39(40)46-41/h1-27H. The van der Waals surface area contributed by atoms with E-state index in [1.807, 2.05) is 24.3 Å². The van der Waals surface area contributed by atoms with Gasteiger partial charge in [-0.3, -0.25) is 0 Å². The van der Waals surface area contributed by atoms with Gasteiger partial charge >= 0.3 is 0 Å². The second-order valence-corrected chi connectivity index (χ2v) is 11.8. The third-order valence-corrected chi connectivity index (χ3v) is 9.13. The molecule has 2 aliphatic rings. The van der Waals surface area contributed by atoms with Gasteiger partial charge in [0.2, 0.25) is 0 Å². The highest BCUT2D eigenvalue weighted by molar-refractivity contribution is 6.10. The van der Waals surface area contributed by atoms with Crippen LogP contribution in [-0.4, -0.2) is 4.57 Å². The first kappa shape index (κ1) is 25.8. The van der Waals surface area contributed by atoms with Crippen LogP contribution in [0.25, 0.3) is 27.5 Å². The molecule has 0 radical (unpaired) electrons. The van der Waals surface area contributed by atoms with E-state index >= 15 is 0 Å². The van der Waals surface area contributed by atoms with Crippen LogP contribution >= 0.6 is 0 Å². The van der Waals surface area contributed by atoms with Gasteiger partial charge in [-0.05, 0) is 84.9 Å². The van der Waals surface area contributed by atoms with Crippen molar-refractivity contribution in [3.05, 3.63) is 164 Å². The lowest BCUT2D eigenvalue weighted by Gasteiger charge is -2.40. The summed E-state index contributed by atoms with van der Waals surface area (Å²) in [6.07, 6.45) is 0. The predicted molar refractivity (Wildman–Crippen MR) is 190 cm³/mol. The molecule has 5 nitrogen and oxygen atoms in total. The molecule has 0 unspecified atom stereocenters. The van der Waals surface area contributed by atoms with Gasteiger partial charge in [-0.1, -0.05) is 72.8 Å². The van der Waals surface area contributed by atoms with Crippen LogP contribution in [-0.2, 0) is 0 Å². The summed E-state index contributed by atoms with van der Waals surface area (Å²) in [4.78, 5) is 4.71. The Hall–Kier alpha value is -6.46. The molecule has 0 aliphatic carbocycles. The SMILES string of the molecule is c1ccc(N2c3ccccc3N(c3ccc(-n4c5ccccc5c5cc6c(cc54)Oc4ccccc4O6)cc3)c3ccccc32)cc1. The first-order valence-electron chi connectivity index (χ1n) is 15.8. The zero-order valence-electron chi connectivity index (χ0n) is 25.2. The van der Waals surface area contributed by atoms with Crippen molar-refractivity contribution >= 4 is 55.9 Å². The molecular weight excluding hydrogens is 578 g/mol. The Labute approximate surface area is 271 Å². The number of fused-ring (bicyclic) bond motifs is 7. The molecule has 47 heavy (non-hydrogen) atoms. The van der Waals surface area contributed by atoms with Crippen molar-refractivity contribution in [1.82, 2.24) is 4.57 Å². The van der Waals surface area contributed by atoms with E-state index in [0.717, 1.165) is 78.9 Å². The van der Waals surface area contributed by atoms with Gasteiger partial charge in [0, 0.05) is 33.9 Å². The molecule has 0 saturated carbocycles. The second-order valence-electron chi connectivity index (χ2n) is 11.8. The number of hydrogen-bond donors (Lipinski definition) is 0. The fourth-order valence-corrected chi connectivity index (χ4v) is 7.10. The molecule has 0 saturated heterocycles. The average molecular weight is 606 g/mol. The van der Waals surface area contributed by atoms with Crippen LogP contribution in [0.3, 0.4) is 0 Å². The van der Waals surface area contributed by atoms with E-state index in [1.54, 1.807) is 0 Å². The maximum absolute atomic E-state index is 6.33. The molecule has 0 spiro atoms. The number of hydrogen-bond acceptors (Lipinski definition) is 4. The highest BCUT2D eigenvalue weighted by Crippen LogP contribution is 2.54. The normalized spacial score (nSPS) is 12.9. The molecule has 10 rings (SSSR count). The van der Waals surface area contributed by atoms with Gasteiger partial charge in [0.1, 0.15) is 0 Å². The molecule has 0 fully saturated rings. The molecule has 7 aromatic carbocycles. The van der Waals surface area contributed by atoms with Crippen molar-refractivity contribution < 1.29 is 9.47 Å². The highest BCUT2D eigenvalue weighted by Gasteiger charge is 2.30. The van der Waals surface area contributed by atoms with E-state index < -0.39 is 0 Å². The minimum Gasteiger partial charge on any atom is -0.449 e. The van der Waals surface area contributed by atoms with E-state index in [1.165, 1.54) is 0 Å². The number of para-hydroxylation sites is 8. The van der Waals surface area contributed by atoms with Gasteiger partial charge in [-0.25, -0.2) is 0 Å². The van der Waals surface area contributed by atoms with Gasteiger partial charge in [0.15, 0.2) is 23.0 Å². The predicted octanol–water partition coefficient (Wildman–Crippen LogP) is 11.9. The number of nitrogens with zero attached hydrogens (tertiary/aromatic N) is 3. The minimum absolute atomic E-state index is 0.710. The molecule has 2 aliphatic heterocycles. The van der Waals surface area contributed by atoms with Crippen LogP contribution in [0, 0.1) is 0 Å². The Bertz CT molecular complexity index is 2440.